The molecule has 0 bridgehead atoms. The predicted octanol–water partition coefficient (Wildman–Crippen LogP) is 2.92. The highest BCUT2D eigenvalue weighted by Gasteiger charge is 2.11. The van der Waals surface area contributed by atoms with Gasteiger partial charge in [0, 0.05) is 12.1 Å². The zero-order valence-electron chi connectivity index (χ0n) is 10.3. The number of hydrogen-bond donors (Lipinski definition) is 1. The molecule has 0 aromatic heterocycles. The van der Waals surface area contributed by atoms with Gasteiger partial charge in [-0.05, 0) is 38.3 Å². The van der Waals surface area contributed by atoms with E-state index in [9.17, 15) is 4.79 Å². The number of nitrogens with one attached hydrogen (secondary N) is 1. The van der Waals surface area contributed by atoms with Gasteiger partial charge in [0.15, 0.2) is 0 Å². The second-order valence-electron chi connectivity index (χ2n) is 4.11. The van der Waals surface area contributed by atoms with Crippen molar-refractivity contribution >= 4 is 5.91 Å². The molecule has 86 valence electrons. The first-order valence-electron chi connectivity index (χ1n) is 5.53. The third-order valence-electron chi connectivity index (χ3n) is 2.54. The van der Waals surface area contributed by atoms with Crippen molar-refractivity contribution in [1.29, 1.82) is 0 Å². The van der Waals surface area contributed by atoms with E-state index < -0.39 is 0 Å². The normalized spacial score (nSPS) is 9.94. The first-order valence-corrected chi connectivity index (χ1v) is 5.53. The minimum Gasteiger partial charge on any atom is -0.352 e. The molecule has 0 atom stereocenters. The Labute approximate surface area is 97.4 Å². The molecule has 2 nitrogen and oxygen atoms in total. The summed E-state index contributed by atoms with van der Waals surface area (Å²) in [5, 5.41) is 2.89. The lowest BCUT2D eigenvalue weighted by atomic mass is 9.99. The zero-order valence-corrected chi connectivity index (χ0v) is 10.3. The summed E-state index contributed by atoms with van der Waals surface area (Å²) in [6, 6.07) is 4.07. The summed E-state index contributed by atoms with van der Waals surface area (Å²) in [7, 11) is 0. The fraction of sp³-hybridized carbons (Fsp3) is 0.357. The topological polar surface area (TPSA) is 29.1 Å². The Morgan fingerprint density at radius 3 is 2.38 bits per heavy atom. The SMILES string of the molecule is C=CCCNC(=O)c1c(C)cc(C)cc1C. The summed E-state index contributed by atoms with van der Waals surface area (Å²) in [5.41, 5.74) is 4.06. The van der Waals surface area contributed by atoms with Crippen molar-refractivity contribution in [2.45, 2.75) is 27.2 Å². The van der Waals surface area contributed by atoms with E-state index in [1.165, 1.54) is 5.56 Å². The number of carbonyl (C=O) groups is 1. The number of carbonyl (C=O) groups excluding carboxylic acids is 1. The highest BCUT2D eigenvalue weighted by atomic mass is 16.1. The van der Waals surface area contributed by atoms with Crippen LogP contribution in [0.4, 0.5) is 0 Å². The smallest absolute Gasteiger partial charge is 0.251 e. The van der Waals surface area contributed by atoms with Gasteiger partial charge in [0.05, 0.1) is 0 Å². The van der Waals surface area contributed by atoms with Gasteiger partial charge < -0.3 is 5.32 Å². The summed E-state index contributed by atoms with van der Waals surface area (Å²) >= 11 is 0. The molecule has 0 aliphatic rings. The highest BCUT2D eigenvalue weighted by Crippen LogP contribution is 2.16. The van der Waals surface area contributed by atoms with Crippen LogP contribution >= 0.6 is 0 Å². The molecule has 1 rings (SSSR count). The Bertz CT molecular complexity index is 384. The molecule has 0 spiro atoms. The van der Waals surface area contributed by atoms with Crippen LogP contribution in [0.25, 0.3) is 0 Å². The molecule has 0 heterocycles. The molecule has 0 aliphatic heterocycles. The Morgan fingerprint density at radius 1 is 1.31 bits per heavy atom. The first kappa shape index (κ1) is 12.5. The fourth-order valence-corrected chi connectivity index (χ4v) is 1.91. The summed E-state index contributed by atoms with van der Waals surface area (Å²) in [5.74, 6) is 0.0110. The van der Waals surface area contributed by atoms with E-state index >= 15 is 0 Å². The van der Waals surface area contributed by atoms with Crippen LogP contribution in [0.3, 0.4) is 0 Å². The van der Waals surface area contributed by atoms with Crippen molar-refractivity contribution in [3.8, 4) is 0 Å². The average molecular weight is 217 g/mol. The van der Waals surface area contributed by atoms with Crippen LogP contribution in [0.5, 0.6) is 0 Å². The Hall–Kier alpha value is -1.57. The van der Waals surface area contributed by atoms with Gasteiger partial charge in [-0.15, -0.1) is 6.58 Å². The molecular weight excluding hydrogens is 198 g/mol. The van der Waals surface area contributed by atoms with Gasteiger partial charge >= 0.3 is 0 Å². The molecule has 0 unspecified atom stereocenters. The lowest BCUT2D eigenvalue weighted by Crippen LogP contribution is -2.25. The van der Waals surface area contributed by atoms with E-state index in [4.69, 9.17) is 0 Å². The molecule has 1 amide bonds. The van der Waals surface area contributed by atoms with E-state index in [0.29, 0.717) is 6.54 Å². The van der Waals surface area contributed by atoms with Crippen LogP contribution in [0.15, 0.2) is 24.8 Å². The van der Waals surface area contributed by atoms with Crippen molar-refractivity contribution in [2.24, 2.45) is 0 Å². The van der Waals surface area contributed by atoms with E-state index in [0.717, 1.165) is 23.1 Å². The van der Waals surface area contributed by atoms with Gasteiger partial charge in [-0.1, -0.05) is 23.8 Å². The standard InChI is InChI=1S/C14H19NO/c1-5-6-7-15-14(16)13-11(3)8-10(2)9-12(13)4/h5,8-9H,1,6-7H2,2-4H3,(H,15,16). The van der Waals surface area contributed by atoms with Crippen LogP contribution in [0.1, 0.15) is 33.5 Å². The van der Waals surface area contributed by atoms with Gasteiger partial charge in [0.25, 0.3) is 5.91 Å². The molecule has 1 N–H and O–H groups in total. The average Bonchev–Trinajstić information content (AvgIpc) is 2.16. The van der Waals surface area contributed by atoms with Crippen LogP contribution in [0, 0.1) is 20.8 Å². The van der Waals surface area contributed by atoms with Gasteiger partial charge in [-0.3, -0.25) is 4.79 Å². The van der Waals surface area contributed by atoms with E-state index in [1.807, 2.05) is 32.9 Å². The molecular formula is C14H19NO. The monoisotopic (exact) mass is 217 g/mol. The second-order valence-corrected chi connectivity index (χ2v) is 4.11. The van der Waals surface area contributed by atoms with E-state index in [1.54, 1.807) is 6.08 Å². The lowest BCUT2D eigenvalue weighted by molar-refractivity contribution is 0.0953. The van der Waals surface area contributed by atoms with Crippen molar-refractivity contribution in [3.05, 3.63) is 47.0 Å². The Morgan fingerprint density at radius 2 is 1.88 bits per heavy atom. The van der Waals surface area contributed by atoms with Crippen molar-refractivity contribution in [3.63, 3.8) is 0 Å². The molecule has 0 saturated heterocycles. The zero-order chi connectivity index (χ0) is 12.1. The van der Waals surface area contributed by atoms with Crippen molar-refractivity contribution < 1.29 is 4.79 Å². The first-order chi connectivity index (χ1) is 7.56. The Kier molecular flexibility index (Phi) is 4.29. The van der Waals surface area contributed by atoms with Gasteiger partial charge in [0.1, 0.15) is 0 Å². The molecule has 2 heteroatoms. The van der Waals surface area contributed by atoms with Crippen LogP contribution in [0.2, 0.25) is 0 Å². The minimum atomic E-state index is 0.0110. The van der Waals surface area contributed by atoms with Gasteiger partial charge in [0.2, 0.25) is 0 Å². The molecule has 0 radical (unpaired) electrons. The number of hydrogen-bond acceptors (Lipinski definition) is 1. The lowest BCUT2D eigenvalue weighted by Gasteiger charge is -2.11. The largest absolute Gasteiger partial charge is 0.352 e. The minimum absolute atomic E-state index is 0.0110. The van der Waals surface area contributed by atoms with Crippen LogP contribution < -0.4 is 5.32 Å². The quantitative estimate of drug-likeness (QED) is 0.609. The number of amides is 1. The van der Waals surface area contributed by atoms with Gasteiger partial charge in [-0.2, -0.15) is 0 Å². The summed E-state index contributed by atoms with van der Waals surface area (Å²) in [6.45, 7) is 10.3. The van der Waals surface area contributed by atoms with Crippen LogP contribution in [-0.2, 0) is 0 Å². The van der Waals surface area contributed by atoms with E-state index in [2.05, 4.69) is 11.9 Å². The van der Waals surface area contributed by atoms with Crippen LogP contribution in [-0.4, -0.2) is 12.5 Å². The third-order valence-corrected chi connectivity index (χ3v) is 2.54. The summed E-state index contributed by atoms with van der Waals surface area (Å²) in [4.78, 5) is 11.9. The Balaban J connectivity index is 2.86. The molecule has 0 saturated carbocycles. The molecule has 1 aromatic rings. The molecule has 1 aromatic carbocycles. The number of benzene rings is 1. The maximum atomic E-state index is 11.9. The maximum Gasteiger partial charge on any atom is 0.251 e. The third kappa shape index (κ3) is 2.96. The number of aryl methyl sites for hydroxylation is 3. The fourth-order valence-electron chi connectivity index (χ4n) is 1.91. The predicted molar refractivity (Wildman–Crippen MR) is 67.8 cm³/mol. The van der Waals surface area contributed by atoms with Crippen molar-refractivity contribution in [2.75, 3.05) is 6.54 Å². The highest BCUT2D eigenvalue weighted by molar-refractivity contribution is 5.97. The van der Waals surface area contributed by atoms with Crippen molar-refractivity contribution in [1.82, 2.24) is 5.32 Å². The molecule has 16 heavy (non-hydrogen) atoms. The van der Waals surface area contributed by atoms with Gasteiger partial charge in [-0.25, -0.2) is 0 Å². The second kappa shape index (κ2) is 5.50. The molecule has 0 aliphatic carbocycles. The van der Waals surface area contributed by atoms with E-state index in [-0.39, 0.29) is 5.91 Å². The number of rotatable bonds is 4. The maximum absolute atomic E-state index is 11.9. The molecule has 0 fully saturated rings. The summed E-state index contributed by atoms with van der Waals surface area (Å²) < 4.78 is 0. The summed E-state index contributed by atoms with van der Waals surface area (Å²) in [6.07, 6.45) is 2.60.